The minimum absolute atomic E-state index is 0.0461. The molecule has 0 aliphatic heterocycles. The largest absolute Gasteiger partial charge is 0.496 e. The predicted molar refractivity (Wildman–Crippen MR) is 99.1 cm³/mol. The van der Waals surface area contributed by atoms with Crippen molar-refractivity contribution in [3.63, 3.8) is 0 Å². The molecule has 0 radical (unpaired) electrons. The van der Waals surface area contributed by atoms with Gasteiger partial charge in [0.25, 0.3) is 0 Å². The summed E-state index contributed by atoms with van der Waals surface area (Å²) >= 11 is 0. The van der Waals surface area contributed by atoms with Gasteiger partial charge in [-0.25, -0.2) is 9.18 Å². The highest BCUT2D eigenvalue weighted by atomic mass is 19.1. The van der Waals surface area contributed by atoms with Gasteiger partial charge in [0.2, 0.25) is 0 Å². The highest BCUT2D eigenvalue weighted by Gasteiger charge is 2.15. The van der Waals surface area contributed by atoms with Gasteiger partial charge in [0.05, 0.1) is 7.11 Å². The first-order valence-corrected chi connectivity index (χ1v) is 8.60. The van der Waals surface area contributed by atoms with E-state index in [-0.39, 0.29) is 19.0 Å². The lowest BCUT2D eigenvalue weighted by Crippen LogP contribution is -2.43. The molecule has 2 amide bonds. The number of carbonyl (C=O) groups is 2. The van der Waals surface area contributed by atoms with Crippen LogP contribution < -0.4 is 15.4 Å². The monoisotopic (exact) mass is 374 g/mol. The molecular weight excluding hydrogens is 351 g/mol. The Morgan fingerprint density at radius 3 is 2.59 bits per heavy atom. The van der Waals surface area contributed by atoms with E-state index in [9.17, 15) is 14.0 Å². The van der Waals surface area contributed by atoms with E-state index in [4.69, 9.17) is 9.84 Å². The molecule has 1 unspecified atom stereocenters. The van der Waals surface area contributed by atoms with Gasteiger partial charge < -0.3 is 20.5 Å². The summed E-state index contributed by atoms with van der Waals surface area (Å²) < 4.78 is 18.6. The van der Waals surface area contributed by atoms with Crippen LogP contribution in [0.1, 0.15) is 24.0 Å². The number of methoxy groups -OCH3 is 1. The average Bonchev–Trinajstić information content (AvgIpc) is 2.65. The molecule has 2 aromatic carbocycles. The van der Waals surface area contributed by atoms with E-state index in [1.807, 2.05) is 30.3 Å². The number of carboxylic acid groups (broad SMARTS) is 1. The van der Waals surface area contributed by atoms with Crippen LogP contribution in [-0.4, -0.2) is 30.3 Å². The number of halogens is 1. The summed E-state index contributed by atoms with van der Waals surface area (Å²) in [7, 11) is 1.47. The molecule has 2 aromatic rings. The predicted octanol–water partition coefficient (Wildman–Crippen LogP) is 3.11. The van der Waals surface area contributed by atoms with Gasteiger partial charge in [0.1, 0.15) is 11.6 Å². The number of hydrogen-bond acceptors (Lipinski definition) is 3. The molecule has 0 aliphatic carbocycles. The van der Waals surface area contributed by atoms with Crippen molar-refractivity contribution >= 4 is 12.0 Å². The quantitative estimate of drug-likeness (QED) is 0.629. The fourth-order valence-electron chi connectivity index (χ4n) is 2.72. The summed E-state index contributed by atoms with van der Waals surface area (Å²) in [6, 6.07) is 12.8. The van der Waals surface area contributed by atoms with Gasteiger partial charge >= 0.3 is 12.0 Å². The molecule has 1 atom stereocenters. The van der Waals surface area contributed by atoms with E-state index in [0.29, 0.717) is 24.2 Å². The standard InChI is InChI=1S/C20H23FN2O4/c1-27-18-9-7-16(21)12-15(18)13-22-20(26)23-17(8-10-19(24)25)11-14-5-3-2-4-6-14/h2-7,9,12,17H,8,10-11,13H2,1H3,(H,24,25)(H2,22,23,26). The van der Waals surface area contributed by atoms with Gasteiger partial charge in [-0.3, -0.25) is 4.79 Å². The Labute approximate surface area is 157 Å². The molecule has 6 nitrogen and oxygen atoms in total. The van der Waals surface area contributed by atoms with Gasteiger partial charge in [-0.2, -0.15) is 0 Å². The fraction of sp³-hybridized carbons (Fsp3) is 0.300. The van der Waals surface area contributed by atoms with Crippen LogP contribution in [0.3, 0.4) is 0 Å². The van der Waals surface area contributed by atoms with Gasteiger partial charge in [0, 0.05) is 24.6 Å². The number of carboxylic acids is 1. The fourth-order valence-corrected chi connectivity index (χ4v) is 2.72. The summed E-state index contributed by atoms with van der Waals surface area (Å²) in [5.41, 5.74) is 1.51. The van der Waals surface area contributed by atoms with E-state index in [0.717, 1.165) is 5.56 Å². The Morgan fingerprint density at radius 1 is 1.19 bits per heavy atom. The first-order valence-electron chi connectivity index (χ1n) is 8.60. The van der Waals surface area contributed by atoms with Crippen molar-refractivity contribution in [1.82, 2.24) is 10.6 Å². The zero-order valence-corrected chi connectivity index (χ0v) is 15.1. The van der Waals surface area contributed by atoms with Crippen molar-refractivity contribution in [2.45, 2.75) is 31.8 Å². The molecule has 0 saturated carbocycles. The van der Waals surface area contributed by atoms with Gasteiger partial charge in [-0.1, -0.05) is 30.3 Å². The van der Waals surface area contributed by atoms with Crippen LogP contribution in [0.4, 0.5) is 9.18 Å². The van der Waals surface area contributed by atoms with Gasteiger partial charge in [-0.15, -0.1) is 0 Å². The normalized spacial score (nSPS) is 11.5. The topological polar surface area (TPSA) is 87.7 Å². The molecule has 0 aliphatic rings. The Kier molecular flexibility index (Phi) is 7.61. The number of urea groups is 1. The van der Waals surface area contributed by atoms with Crippen molar-refractivity contribution in [2.24, 2.45) is 0 Å². The second-order valence-electron chi connectivity index (χ2n) is 6.10. The van der Waals surface area contributed by atoms with Crippen molar-refractivity contribution in [1.29, 1.82) is 0 Å². The number of amides is 2. The third kappa shape index (κ3) is 6.97. The summed E-state index contributed by atoms with van der Waals surface area (Å²) in [4.78, 5) is 23.1. The number of rotatable bonds is 9. The maximum Gasteiger partial charge on any atom is 0.315 e. The van der Waals surface area contributed by atoms with E-state index >= 15 is 0 Å². The highest BCUT2D eigenvalue weighted by molar-refractivity contribution is 5.74. The van der Waals surface area contributed by atoms with Gasteiger partial charge in [-0.05, 0) is 36.6 Å². The third-order valence-electron chi connectivity index (χ3n) is 4.05. The van der Waals surface area contributed by atoms with Crippen LogP contribution in [0.25, 0.3) is 0 Å². The molecule has 27 heavy (non-hydrogen) atoms. The Hall–Kier alpha value is -3.09. The molecule has 0 aromatic heterocycles. The van der Waals surface area contributed by atoms with Crippen LogP contribution in [0.15, 0.2) is 48.5 Å². The molecule has 0 bridgehead atoms. The zero-order chi connectivity index (χ0) is 19.6. The summed E-state index contributed by atoms with van der Waals surface area (Å²) in [6.07, 6.45) is 0.779. The van der Waals surface area contributed by atoms with Crippen molar-refractivity contribution in [3.05, 3.63) is 65.5 Å². The molecule has 0 heterocycles. The van der Waals surface area contributed by atoms with Crippen LogP contribution in [-0.2, 0) is 17.8 Å². The number of hydrogen-bond donors (Lipinski definition) is 3. The summed E-state index contributed by atoms with van der Waals surface area (Å²) in [5.74, 6) is -0.861. The molecule has 7 heteroatoms. The van der Waals surface area contributed by atoms with Crippen LogP contribution in [0, 0.1) is 5.82 Å². The van der Waals surface area contributed by atoms with Crippen LogP contribution >= 0.6 is 0 Å². The minimum Gasteiger partial charge on any atom is -0.496 e. The molecule has 2 rings (SSSR count). The van der Waals surface area contributed by atoms with Crippen molar-refractivity contribution < 1.29 is 23.8 Å². The van der Waals surface area contributed by atoms with Crippen molar-refractivity contribution in [3.8, 4) is 5.75 Å². The maximum absolute atomic E-state index is 13.4. The van der Waals surface area contributed by atoms with Crippen molar-refractivity contribution in [2.75, 3.05) is 7.11 Å². The second kappa shape index (κ2) is 10.2. The molecule has 0 fully saturated rings. The van der Waals surface area contributed by atoms with Crippen LogP contribution in [0.5, 0.6) is 5.75 Å². The smallest absolute Gasteiger partial charge is 0.315 e. The third-order valence-corrected chi connectivity index (χ3v) is 4.05. The highest BCUT2D eigenvalue weighted by Crippen LogP contribution is 2.19. The van der Waals surface area contributed by atoms with E-state index in [1.165, 1.54) is 25.3 Å². The molecule has 0 spiro atoms. The minimum atomic E-state index is -0.917. The molecule has 144 valence electrons. The molecule has 0 saturated heterocycles. The lowest BCUT2D eigenvalue weighted by Gasteiger charge is -2.19. The number of benzene rings is 2. The first kappa shape index (κ1) is 20.2. The number of nitrogens with one attached hydrogen (secondary N) is 2. The lowest BCUT2D eigenvalue weighted by molar-refractivity contribution is -0.137. The maximum atomic E-state index is 13.4. The SMILES string of the molecule is COc1ccc(F)cc1CNC(=O)NC(CCC(=O)O)Cc1ccccc1. The van der Waals surface area contributed by atoms with Crippen LogP contribution in [0.2, 0.25) is 0 Å². The molecule has 3 N–H and O–H groups in total. The zero-order valence-electron chi connectivity index (χ0n) is 15.1. The summed E-state index contributed by atoms with van der Waals surface area (Å²) in [6.45, 7) is 0.0871. The number of aliphatic carboxylic acids is 1. The molecular formula is C20H23FN2O4. The van der Waals surface area contributed by atoms with E-state index in [2.05, 4.69) is 10.6 Å². The Bertz CT molecular complexity index is 768. The Balaban J connectivity index is 1.96. The Morgan fingerprint density at radius 2 is 1.93 bits per heavy atom. The van der Waals surface area contributed by atoms with Gasteiger partial charge in [0.15, 0.2) is 0 Å². The lowest BCUT2D eigenvalue weighted by atomic mass is 10.0. The average molecular weight is 374 g/mol. The first-order chi connectivity index (χ1) is 13.0. The summed E-state index contributed by atoms with van der Waals surface area (Å²) in [5, 5.41) is 14.4. The number of carbonyl (C=O) groups excluding carboxylic acids is 1. The second-order valence-corrected chi connectivity index (χ2v) is 6.10. The van der Waals surface area contributed by atoms with E-state index < -0.39 is 17.8 Å². The number of ether oxygens (including phenoxy) is 1. The van der Waals surface area contributed by atoms with E-state index in [1.54, 1.807) is 0 Å².